The van der Waals surface area contributed by atoms with E-state index in [9.17, 15) is 4.39 Å². The second-order valence-electron chi connectivity index (χ2n) is 3.88. The van der Waals surface area contributed by atoms with Crippen LogP contribution in [0.25, 0.3) is 0 Å². The number of rotatable bonds is 6. The Hall–Kier alpha value is -0.640. The van der Waals surface area contributed by atoms with Crippen molar-refractivity contribution in [2.45, 2.75) is 32.4 Å². The van der Waals surface area contributed by atoms with Crippen LogP contribution in [0.15, 0.2) is 18.2 Å². The quantitative estimate of drug-likeness (QED) is 0.808. The van der Waals surface area contributed by atoms with Crippen LogP contribution in [-0.4, -0.2) is 17.8 Å². The Morgan fingerprint density at radius 3 is 2.88 bits per heavy atom. The topological polar surface area (TPSA) is 32.3 Å². The molecule has 0 aliphatic rings. The van der Waals surface area contributed by atoms with Crippen LogP contribution in [-0.2, 0) is 6.54 Å². The van der Waals surface area contributed by atoms with Crippen molar-refractivity contribution in [2.24, 2.45) is 0 Å². The summed E-state index contributed by atoms with van der Waals surface area (Å²) in [6.45, 7) is 2.69. The van der Waals surface area contributed by atoms with Crippen molar-refractivity contribution in [3.8, 4) is 0 Å². The molecule has 4 heteroatoms. The molecule has 0 radical (unpaired) electrons. The molecule has 1 atom stereocenters. The van der Waals surface area contributed by atoms with Gasteiger partial charge in [-0.3, -0.25) is 0 Å². The zero-order valence-corrected chi connectivity index (χ0v) is 10.1. The molecule has 1 aromatic carbocycles. The van der Waals surface area contributed by atoms with Gasteiger partial charge in [0.2, 0.25) is 0 Å². The van der Waals surface area contributed by atoms with Gasteiger partial charge in [0.05, 0.1) is 0 Å². The standard InChI is InChI=1S/C12H17ClFNO/c1-9(3-2-6-16)15-8-10-4-5-11(13)7-12(10)14/h4-5,7,9,15-16H,2-3,6,8H2,1H3. The molecule has 1 unspecified atom stereocenters. The van der Waals surface area contributed by atoms with Crippen molar-refractivity contribution in [3.63, 3.8) is 0 Å². The highest BCUT2D eigenvalue weighted by molar-refractivity contribution is 6.30. The first-order valence-corrected chi connectivity index (χ1v) is 5.79. The van der Waals surface area contributed by atoms with Crippen LogP contribution in [0.5, 0.6) is 0 Å². The minimum absolute atomic E-state index is 0.196. The van der Waals surface area contributed by atoms with Gasteiger partial charge in [0, 0.05) is 29.8 Å². The summed E-state index contributed by atoms with van der Waals surface area (Å²) >= 11 is 5.66. The van der Waals surface area contributed by atoms with E-state index < -0.39 is 0 Å². The van der Waals surface area contributed by atoms with Crippen LogP contribution in [0.3, 0.4) is 0 Å². The number of nitrogens with one attached hydrogen (secondary N) is 1. The third-order valence-electron chi connectivity index (χ3n) is 2.45. The molecule has 0 aromatic heterocycles. The first-order chi connectivity index (χ1) is 7.63. The molecule has 90 valence electrons. The fourth-order valence-corrected chi connectivity index (χ4v) is 1.61. The largest absolute Gasteiger partial charge is 0.396 e. The average molecular weight is 246 g/mol. The summed E-state index contributed by atoms with van der Waals surface area (Å²) in [5, 5.41) is 12.3. The first-order valence-electron chi connectivity index (χ1n) is 5.41. The second-order valence-corrected chi connectivity index (χ2v) is 4.32. The van der Waals surface area contributed by atoms with Crippen LogP contribution in [0.2, 0.25) is 5.02 Å². The molecule has 0 saturated heterocycles. The molecule has 0 fully saturated rings. The maximum atomic E-state index is 13.4. The number of halogens is 2. The zero-order valence-electron chi connectivity index (χ0n) is 9.34. The predicted octanol–water partition coefficient (Wildman–Crippen LogP) is 2.73. The van der Waals surface area contributed by atoms with Gasteiger partial charge in [-0.05, 0) is 31.9 Å². The van der Waals surface area contributed by atoms with E-state index in [1.165, 1.54) is 6.07 Å². The van der Waals surface area contributed by atoms with E-state index in [0.29, 0.717) is 17.1 Å². The van der Waals surface area contributed by atoms with Gasteiger partial charge in [-0.15, -0.1) is 0 Å². The normalized spacial score (nSPS) is 12.8. The molecule has 1 aromatic rings. The molecular weight excluding hydrogens is 229 g/mol. The summed E-state index contributed by atoms with van der Waals surface area (Å²) in [6, 6.07) is 4.95. The highest BCUT2D eigenvalue weighted by atomic mass is 35.5. The van der Waals surface area contributed by atoms with E-state index in [0.717, 1.165) is 12.8 Å². The van der Waals surface area contributed by atoms with Crippen molar-refractivity contribution in [1.82, 2.24) is 5.32 Å². The van der Waals surface area contributed by atoms with Gasteiger partial charge in [-0.1, -0.05) is 17.7 Å². The zero-order chi connectivity index (χ0) is 12.0. The lowest BCUT2D eigenvalue weighted by atomic mass is 10.1. The Morgan fingerprint density at radius 2 is 2.25 bits per heavy atom. The smallest absolute Gasteiger partial charge is 0.129 e. The van der Waals surface area contributed by atoms with Crippen molar-refractivity contribution in [2.75, 3.05) is 6.61 Å². The van der Waals surface area contributed by atoms with Crippen molar-refractivity contribution >= 4 is 11.6 Å². The minimum Gasteiger partial charge on any atom is -0.396 e. The average Bonchev–Trinajstić information content (AvgIpc) is 2.25. The molecule has 2 nitrogen and oxygen atoms in total. The molecule has 2 N–H and O–H groups in total. The summed E-state index contributed by atoms with van der Waals surface area (Å²) in [5.74, 6) is -0.283. The Bertz CT molecular complexity index is 333. The Kier molecular flexibility index (Phi) is 5.74. The van der Waals surface area contributed by atoms with Crippen LogP contribution in [0, 0.1) is 5.82 Å². The van der Waals surface area contributed by atoms with Crippen molar-refractivity contribution < 1.29 is 9.50 Å². The number of aliphatic hydroxyl groups is 1. The minimum atomic E-state index is -0.283. The van der Waals surface area contributed by atoms with Gasteiger partial charge < -0.3 is 10.4 Å². The number of hydrogen-bond acceptors (Lipinski definition) is 2. The van der Waals surface area contributed by atoms with Crippen molar-refractivity contribution in [1.29, 1.82) is 0 Å². The van der Waals surface area contributed by atoms with Gasteiger partial charge in [-0.2, -0.15) is 0 Å². The van der Waals surface area contributed by atoms with Crippen LogP contribution < -0.4 is 5.32 Å². The fourth-order valence-electron chi connectivity index (χ4n) is 1.45. The molecule has 0 spiro atoms. The molecule has 1 rings (SSSR count). The van der Waals surface area contributed by atoms with Gasteiger partial charge >= 0.3 is 0 Å². The van der Waals surface area contributed by atoms with Crippen LogP contribution in [0.1, 0.15) is 25.3 Å². The van der Waals surface area contributed by atoms with Gasteiger partial charge in [0.15, 0.2) is 0 Å². The van der Waals surface area contributed by atoms with E-state index in [2.05, 4.69) is 5.32 Å². The van der Waals surface area contributed by atoms with Crippen LogP contribution >= 0.6 is 11.6 Å². The van der Waals surface area contributed by atoms with Gasteiger partial charge in [-0.25, -0.2) is 4.39 Å². The first kappa shape index (κ1) is 13.4. The van der Waals surface area contributed by atoms with E-state index in [4.69, 9.17) is 16.7 Å². The molecule has 16 heavy (non-hydrogen) atoms. The lowest BCUT2D eigenvalue weighted by molar-refractivity contribution is 0.276. The SMILES string of the molecule is CC(CCCO)NCc1ccc(Cl)cc1F. The molecule has 0 bridgehead atoms. The molecule has 0 saturated carbocycles. The molecule has 0 aliphatic carbocycles. The number of hydrogen-bond donors (Lipinski definition) is 2. The van der Waals surface area contributed by atoms with Gasteiger partial charge in [0.25, 0.3) is 0 Å². The fraction of sp³-hybridized carbons (Fsp3) is 0.500. The maximum absolute atomic E-state index is 13.4. The molecule has 0 aliphatic heterocycles. The lowest BCUT2D eigenvalue weighted by Crippen LogP contribution is -2.26. The van der Waals surface area contributed by atoms with E-state index in [-0.39, 0.29) is 18.5 Å². The summed E-state index contributed by atoms with van der Waals surface area (Å²) in [7, 11) is 0. The third-order valence-corrected chi connectivity index (χ3v) is 2.69. The highest BCUT2D eigenvalue weighted by Crippen LogP contribution is 2.14. The lowest BCUT2D eigenvalue weighted by Gasteiger charge is -2.13. The van der Waals surface area contributed by atoms with E-state index in [1.807, 2.05) is 6.92 Å². The predicted molar refractivity (Wildman–Crippen MR) is 64.0 cm³/mol. The Morgan fingerprint density at radius 1 is 1.50 bits per heavy atom. The van der Waals surface area contributed by atoms with Crippen LogP contribution in [0.4, 0.5) is 4.39 Å². The highest BCUT2D eigenvalue weighted by Gasteiger charge is 2.05. The second kappa shape index (κ2) is 6.84. The summed E-state index contributed by atoms with van der Waals surface area (Å²) < 4.78 is 13.4. The summed E-state index contributed by atoms with van der Waals surface area (Å²) in [6.07, 6.45) is 1.64. The number of benzene rings is 1. The third kappa shape index (κ3) is 4.47. The Labute approximate surface area is 100 Å². The molecule has 0 heterocycles. The van der Waals surface area contributed by atoms with E-state index >= 15 is 0 Å². The Balaban J connectivity index is 2.42. The monoisotopic (exact) mass is 245 g/mol. The summed E-state index contributed by atoms with van der Waals surface area (Å²) in [5.41, 5.74) is 0.611. The van der Waals surface area contributed by atoms with Gasteiger partial charge in [0.1, 0.15) is 5.82 Å². The number of aliphatic hydroxyl groups excluding tert-OH is 1. The molecular formula is C12H17ClFNO. The summed E-state index contributed by atoms with van der Waals surface area (Å²) in [4.78, 5) is 0. The van der Waals surface area contributed by atoms with E-state index in [1.54, 1.807) is 12.1 Å². The molecule has 0 amide bonds. The maximum Gasteiger partial charge on any atom is 0.129 e. The van der Waals surface area contributed by atoms with Crippen molar-refractivity contribution in [3.05, 3.63) is 34.6 Å².